The van der Waals surface area contributed by atoms with Gasteiger partial charge < -0.3 is 14.5 Å². The van der Waals surface area contributed by atoms with E-state index in [-0.39, 0.29) is 18.4 Å². The molecule has 0 unspecified atom stereocenters. The van der Waals surface area contributed by atoms with Crippen LogP contribution in [0.15, 0.2) is 66.7 Å². The van der Waals surface area contributed by atoms with E-state index >= 15 is 0 Å². The molecule has 180 valence electrons. The summed E-state index contributed by atoms with van der Waals surface area (Å²) in [5, 5.41) is 0.566. The maximum atomic E-state index is 13.5. The number of thiophene rings is 1. The summed E-state index contributed by atoms with van der Waals surface area (Å²) < 4.78 is 5.45. The van der Waals surface area contributed by atoms with E-state index in [1.807, 2.05) is 42.2 Å². The second kappa shape index (κ2) is 13.3. The minimum Gasteiger partial charge on any atom is -0.382 e. The standard InChI is InChI=1S/C27H31ClN2O3S/c1-3-33-17-7-16-29(27(32)23-11-13-24(28)14-12-23)20-26(31)30(18-22-8-5-4-6-9-22)19-25-15-10-21(2)34-25/h4-6,8-15H,3,7,16-20H2,1-2H3. The average Bonchev–Trinajstić information content (AvgIpc) is 3.25. The fraction of sp³-hybridized carbons (Fsp3) is 0.333. The monoisotopic (exact) mass is 498 g/mol. The molecule has 5 nitrogen and oxygen atoms in total. The number of carbonyl (C=O) groups is 2. The van der Waals surface area contributed by atoms with E-state index in [1.54, 1.807) is 40.5 Å². The number of rotatable bonds is 12. The molecule has 0 atom stereocenters. The van der Waals surface area contributed by atoms with Crippen molar-refractivity contribution < 1.29 is 14.3 Å². The number of benzene rings is 2. The first-order valence-corrected chi connectivity index (χ1v) is 12.6. The Kier molecular flexibility index (Phi) is 10.1. The number of halogens is 1. The summed E-state index contributed by atoms with van der Waals surface area (Å²) in [6.45, 7) is 6.59. The third kappa shape index (κ3) is 7.97. The number of carbonyl (C=O) groups excluding carboxylic acids is 2. The van der Waals surface area contributed by atoms with Crippen molar-refractivity contribution in [3.8, 4) is 0 Å². The van der Waals surface area contributed by atoms with Crippen LogP contribution in [0.1, 0.15) is 39.0 Å². The van der Waals surface area contributed by atoms with E-state index < -0.39 is 0 Å². The third-order valence-electron chi connectivity index (χ3n) is 5.34. The number of ether oxygens (including phenoxy) is 1. The molecule has 1 heterocycles. The largest absolute Gasteiger partial charge is 0.382 e. The van der Waals surface area contributed by atoms with Gasteiger partial charge >= 0.3 is 0 Å². The molecule has 34 heavy (non-hydrogen) atoms. The smallest absolute Gasteiger partial charge is 0.254 e. The summed E-state index contributed by atoms with van der Waals surface area (Å²) in [5.74, 6) is -0.276. The Morgan fingerprint density at radius 2 is 1.68 bits per heavy atom. The minimum atomic E-state index is -0.187. The molecule has 0 bridgehead atoms. The molecule has 3 aromatic rings. The van der Waals surface area contributed by atoms with E-state index in [2.05, 4.69) is 19.1 Å². The fourth-order valence-corrected chi connectivity index (χ4v) is 4.62. The van der Waals surface area contributed by atoms with Crippen molar-refractivity contribution in [2.45, 2.75) is 33.4 Å². The lowest BCUT2D eigenvalue weighted by Crippen LogP contribution is -2.43. The highest BCUT2D eigenvalue weighted by atomic mass is 35.5. The van der Waals surface area contributed by atoms with E-state index in [4.69, 9.17) is 16.3 Å². The molecule has 2 aromatic carbocycles. The van der Waals surface area contributed by atoms with Gasteiger partial charge in [-0.05, 0) is 62.2 Å². The number of hydrogen-bond donors (Lipinski definition) is 0. The van der Waals surface area contributed by atoms with Gasteiger partial charge in [0.25, 0.3) is 5.91 Å². The molecule has 0 radical (unpaired) electrons. The van der Waals surface area contributed by atoms with Crippen LogP contribution in [0.2, 0.25) is 5.02 Å². The molecule has 0 saturated carbocycles. The highest BCUT2D eigenvalue weighted by molar-refractivity contribution is 7.11. The zero-order valence-electron chi connectivity index (χ0n) is 19.7. The van der Waals surface area contributed by atoms with Gasteiger partial charge in [-0.25, -0.2) is 0 Å². The average molecular weight is 499 g/mol. The molecule has 2 amide bonds. The van der Waals surface area contributed by atoms with Gasteiger partial charge in [-0.1, -0.05) is 41.9 Å². The van der Waals surface area contributed by atoms with Crippen LogP contribution in [0, 0.1) is 6.92 Å². The molecule has 7 heteroatoms. The van der Waals surface area contributed by atoms with Crippen LogP contribution >= 0.6 is 22.9 Å². The van der Waals surface area contributed by atoms with Crippen molar-refractivity contribution in [1.82, 2.24) is 9.80 Å². The topological polar surface area (TPSA) is 49.9 Å². The second-order valence-corrected chi connectivity index (χ2v) is 9.84. The molecule has 0 saturated heterocycles. The van der Waals surface area contributed by atoms with E-state index in [1.165, 1.54) is 4.88 Å². The van der Waals surface area contributed by atoms with Gasteiger partial charge in [-0.3, -0.25) is 9.59 Å². The van der Waals surface area contributed by atoms with Gasteiger partial charge in [0.05, 0.1) is 6.54 Å². The summed E-state index contributed by atoms with van der Waals surface area (Å²) in [6.07, 6.45) is 0.656. The van der Waals surface area contributed by atoms with Crippen LogP contribution < -0.4 is 0 Å². The van der Waals surface area contributed by atoms with Crippen LogP contribution in [0.3, 0.4) is 0 Å². The van der Waals surface area contributed by atoms with Gasteiger partial charge in [0.2, 0.25) is 5.91 Å². The Bertz CT molecular complexity index is 1050. The van der Waals surface area contributed by atoms with Crippen molar-refractivity contribution in [3.05, 3.63) is 92.6 Å². The zero-order chi connectivity index (χ0) is 24.3. The Balaban J connectivity index is 1.78. The molecule has 1 aromatic heterocycles. The molecule has 0 fully saturated rings. The van der Waals surface area contributed by atoms with Crippen molar-refractivity contribution in [1.29, 1.82) is 0 Å². The first-order valence-electron chi connectivity index (χ1n) is 11.5. The van der Waals surface area contributed by atoms with Crippen LogP contribution in [0.5, 0.6) is 0 Å². The first-order chi connectivity index (χ1) is 16.5. The molecular formula is C27H31ClN2O3S. The number of aryl methyl sites for hydroxylation is 1. The predicted octanol–water partition coefficient (Wildman–Crippen LogP) is 5.81. The van der Waals surface area contributed by atoms with Crippen LogP contribution in [-0.2, 0) is 22.6 Å². The molecule has 0 N–H and O–H groups in total. The SMILES string of the molecule is CCOCCCN(CC(=O)N(Cc1ccccc1)Cc1ccc(C)s1)C(=O)c1ccc(Cl)cc1. The number of amides is 2. The molecule has 0 aliphatic carbocycles. The third-order valence-corrected chi connectivity index (χ3v) is 6.57. The van der Waals surface area contributed by atoms with Gasteiger partial charge in [0.15, 0.2) is 0 Å². The summed E-state index contributed by atoms with van der Waals surface area (Å²) in [6, 6.07) is 20.8. The lowest BCUT2D eigenvalue weighted by Gasteiger charge is -2.28. The van der Waals surface area contributed by atoms with Crippen molar-refractivity contribution in [2.24, 2.45) is 0 Å². The summed E-state index contributed by atoms with van der Waals surface area (Å²) in [4.78, 5) is 32.6. The van der Waals surface area contributed by atoms with E-state index in [0.29, 0.717) is 49.9 Å². The Morgan fingerprint density at radius 1 is 0.941 bits per heavy atom. The molecule has 3 rings (SSSR count). The lowest BCUT2D eigenvalue weighted by molar-refractivity contribution is -0.133. The van der Waals surface area contributed by atoms with Gasteiger partial charge in [-0.2, -0.15) is 0 Å². The fourth-order valence-electron chi connectivity index (χ4n) is 3.59. The van der Waals surface area contributed by atoms with Crippen LogP contribution in [0.4, 0.5) is 0 Å². The molecule has 0 aliphatic heterocycles. The maximum absolute atomic E-state index is 13.5. The van der Waals surface area contributed by atoms with E-state index in [0.717, 1.165) is 10.4 Å². The summed E-state index contributed by atoms with van der Waals surface area (Å²) in [7, 11) is 0. The normalized spacial score (nSPS) is 10.8. The lowest BCUT2D eigenvalue weighted by atomic mass is 10.2. The maximum Gasteiger partial charge on any atom is 0.254 e. The van der Waals surface area contributed by atoms with E-state index in [9.17, 15) is 9.59 Å². The predicted molar refractivity (Wildman–Crippen MR) is 138 cm³/mol. The quantitative estimate of drug-likeness (QED) is 0.296. The molecule has 0 aliphatic rings. The van der Waals surface area contributed by atoms with Crippen molar-refractivity contribution in [3.63, 3.8) is 0 Å². The first kappa shape index (κ1) is 25.9. The number of nitrogens with zero attached hydrogens (tertiary/aromatic N) is 2. The Labute approximate surface area is 210 Å². The Morgan fingerprint density at radius 3 is 2.32 bits per heavy atom. The number of hydrogen-bond acceptors (Lipinski definition) is 4. The van der Waals surface area contributed by atoms with Crippen LogP contribution in [-0.4, -0.2) is 47.9 Å². The summed E-state index contributed by atoms with van der Waals surface area (Å²) in [5.41, 5.74) is 1.56. The van der Waals surface area contributed by atoms with Crippen molar-refractivity contribution >= 4 is 34.8 Å². The van der Waals surface area contributed by atoms with Crippen LogP contribution in [0.25, 0.3) is 0 Å². The minimum absolute atomic E-state index is 0.00474. The highest BCUT2D eigenvalue weighted by Gasteiger charge is 2.23. The van der Waals surface area contributed by atoms with Crippen molar-refractivity contribution in [2.75, 3.05) is 26.3 Å². The van der Waals surface area contributed by atoms with Gasteiger partial charge in [0.1, 0.15) is 6.54 Å². The van der Waals surface area contributed by atoms with Gasteiger partial charge in [0, 0.05) is 46.6 Å². The Hall–Kier alpha value is -2.67. The summed E-state index contributed by atoms with van der Waals surface area (Å²) >= 11 is 7.68. The van der Waals surface area contributed by atoms with Gasteiger partial charge in [-0.15, -0.1) is 11.3 Å². The zero-order valence-corrected chi connectivity index (χ0v) is 21.3. The second-order valence-electron chi connectivity index (χ2n) is 8.03. The molecular weight excluding hydrogens is 468 g/mol. The molecule has 0 spiro atoms. The highest BCUT2D eigenvalue weighted by Crippen LogP contribution is 2.19.